The number of nitrogens with one attached hydrogen (secondary N) is 3. The van der Waals surface area contributed by atoms with Crippen LogP contribution in [0.25, 0.3) is 0 Å². The van der Waals surface area contributed by atoms with Crippen molar-refractivity contribution in [1.29, 1.82) is 0 Å². The summed E-state index contributed by atoms with van der Waals surface area (Å²) in [6, 6.07) is 8.44. The molecule has 0 spiro atoms. The Morgan fingerprint density at radius 3 is 2.41 bits per heavy atom. The number of guanidine groups is 1. The van der Waals surface area contributed by atoms with Crippen LogP contribution in [0.3, 0.4) is 0 Å². The van der Waals surface area contributed by atoms with Gasteiger partial charge in [0.05, 0.1) is 13.2 Å². The van der Waals surface area contributed by atoms with Crippen LogP contribution in [-0.4, -0.2) is 63.6 Å². The van der Waals surface area contributed by atoms with Crippen molar-refractivity contribution in [3.05, 3.63) is 29.8 Å². The van der Waals surface area contributed by atoms with Crippen molar-refractivity contribution in [1.82, 2.24) is 20.9 Å². The van der Waals surface area contributed by atoms with E-state index < -0.39 is 0 Å². The molecule has 1 unspecified atom stereocenters. The summed E-state index contributed by atoms with van der Waals surface area (Å²) in [5.41, 5.74) is 1.19. The molecular formula is C21H36IN5O2. The number of likely N-dealkylation sites (tertiary alicyclic amines) is 1. The molecule has 1 aromatic rings. The van der Waals surface area contributed by atoms with Crippen molar-refractivity contribution in [3.63, 3.8) is 0 Å². The second-order valence-electron chi connectivity index (χ2n) is 7.33. The van der Waals surface area contributed by atoms with Crippen LogP contribution < -0.4 is 20.7 Å². The van der Waals surface area contributed by atoms with Gasteiger partial charge in [-0.15, -0.1) is 24.0 Å². The molecule has 0 radical (unpaired) electrons. The summed E-state index contributed by atoms with van der Waals surface area (Å²) in [7, 11) is 3.48. The molecule has 1 fully saturated rings. The standard InChI is InChI=1S/C21H35N5O2.HI/c1-16(2)20(27)23-11-12-24-21(22-3)25-15-18(26-13-7-8-14-26)17-9-5-6-10-19(17)28-4;/h5-6,9-10,16,18H,7-8,11-15H2,1-4H3,(H,23,27)(H2,22,24,25);1H. The number of hydrogen-bond donors (Lipinski definition) is 3. The van der Waals surface area contributed by atoms with Crippen molar-refractivity contribution < 1.29 is 9.53 Å². The third-order valence-corrected chi connectivity index (χ3v) is 5.01. The summed E-state index contributed by atoms with van der Waals surface area (Å²) in [5.74, 6) is 1.72. The van der Waals surface area contributed by atoms with E-state index in [-0.39, 0.29) is 41.8 Å². The SMILES string of the molecule is CN=C(NCCNC(=O)C(C)C)NCC(c1ccccc1OC)N1CCCC1.I. The van der Waals surface area contributed by atoms with Crippen LogP contribution in [-0.2, 0) is 4.79 Å². The number of rotatable bonds is 9. The Morgan fingerprint density at radius 1 is 1.14 bits per heavy atom. The van der Waals surface area contributed by atoms with Gasteiger partial charge in [0.1, 0.15) is 5.75 Å². The van der Waals surface area contributed by atoms with Crippen molar-refractivity contribution in [3.8, 4) is 5.75 Å². The molecule has 1 aromatic carbocycles. The van der Waals surface area contributed by atoms with Gasteiger partial charge in [0, 0.05) is 38.2 Å². The lowest BCUT2D eigenvalue weighted by molar-refractivity contribution is -0.123. The van der Waals surface area contributed by atoms with E-state index >= 15 is 0 Å². The maximum Gasteiger partial charge on any atom is 0.222 e. The molecule has 1 atom stereocenters. The molecule has 29 heavy (non-hydrogen) atoms. The van der Waals surface area contributed by atoms with Crippen molar-refractivity contribution >= 4 is 35.8 Å². The molecule has 164 valence electrons. The van der Waals surface area contributed by atoms with Crippen molar-refractivity contribution in [2.24, 2.45) is 10.9 Å². The number of nitrogens with zero attached hydrogens (tertiary/aromatic N) is 2. The first kappa shape index (κ1) is 25.5. The summed E-state index contributed by atoms with van der Waals surface area (Å²) in [6.45, 7) is 7.90. The van der Waals surface area contributed by atoms with Gasteiger partial charge >= 0.3 is 0 Å². The lowest BCUT2D eigenvalue weighted by atomic mass is 10.0. The van der Waals surface area contributed by atoms with Crippen LogP contribution in [0.4, 0.5) is 0 Å². The summed E-state index contributed by atoms with van der Waals surface area (Å²) in [5, 5.41) is 9.60. The van der Waals surface area contributed by atoms with E-state index in [0.29, 0.717) is 13.1 Å². The fourth-order valence-electron chi connectivity index (χ4n) is 3.42. The normalized spacial score (nSPS) is 15.6. The molecular weight excluding hydrogens is 481 g/mol. The maximum atomic E-state index is 11.6. The number of amides is 1. The van der Waals surface area contributed by atoms with Gasteiger partial charge in [-0.1, -0.05) is 32.0 Å². The smallest absolute Gasteiger partial charge is 0.222 e. The number of aliphatic imine (C=N–C) groups is 1. The second kappa shape index (κ2) is 13.6. The average Bonchev–Trinajstić information content (AvgIpc) is 3.24. The summed E-state index contributed by atoms with van der Waals surface area (Å²) in [4.78, 5) is 18.4. The summed E-state index contributed by atoms with van der Waals surface area (Å²) >= 11 is 0. The second-order valence-corrected chi connectivity index (χ2v) is 7.33. The molecule has 7 nitrogen and oxygen atoms in total. The first-order chi connectivity index (χ1) is 13.6. The maximum absolute atomic E-state index is 11.6. The van der Waals surface area contributed by atoms with Crippen LogP contribution in [0.2, 0.25) is 0 Å². The van der Waals surface area contributed by atoms with E-state index in [1.54, 1.807) is 14.2 Å². The molecule has 1 heterocycles. The van der Waals surface area contributed by atoms with Gasteiger partial charge in [-0.3, -0.25) is 14.7 Å². The highest BCUT2D eigenvalue weighted by Gasteiger charge is 2.26. The highest BCUT2D eigenvalue weighted by atomic mass is 127. The highest BCUT2D eigenvalue weighted by Crippen LogP contribution is 2.31. The van der Waals surface area contributed by atoms with Crippen molar-refractivity contribution in [2.45, 2.75) is 32.7 Å². The van der Waals surface area contributed by atoms with Gasteiger partial charge in [0.15, 0.2) is 5.96 Å². The topological polar surface area (TPSA) is 78.0 Å². The Balaban J connectivity index is 0.00000420. The molecule has 1 aliphatic rings. The van der Waals surface area contributed by atoms with E-state index in [0.717, 1.165) is 31.3 Å². The average molecular weight is 517 g/mol. The zero-order valence-electron chi connectivity index (χ0n) is 18.0. The molecule has 1 aliphatic heterocycles. The van der Waals surface area contributed by atoms with Gasteiger partial charge in [-0.05, 0) is 32.0 Å². The molecule has 2 rings (SSSR count). The Morgan fingerprint density at radius 2 is 1.79 bits per heavy atom. The minimum absolute atomic E-state index is 0. The van der Waals surface area contributed by atoms with Gasteiger partial charge in [-0.2, -0.15) is 0 Å². The predicted molar refractivity (Wildman–Crippen MR) is 129 cm³/mol. The number of halogens is 1. The Labute approximate surface area is 192 Å². The molecule has 3 N–H and O–H groups in total. The third kappa shape index (κ3) is 8.00. The lowest BCUT2D eigenvalue weighted by Crippen LogP contribution is -2.45. The number of benzene rings is 1. The number of methoxy groups -OCH3 is 1. The molecule has 0 saturated carbocycles. The van der Waals surface area contributed by atoms with E-state index in [1.807, 2.05) is 26.0 Å². The third-order valence-electron chi connectivity index (χ3n) is 5.01. The quantitative estimate of drug-likeness (QED) is 0.203. The minimum atomic E-state index is -0.000454. The number of carbonyl (C=O) groups excluding carboxylic acids is 1. The van der Waals surface area contributed by atoms with Crippen LogP contribution in [0.1, 0.15) is 38.3 Å². The first-order valence-corrected chi connectivity index (χ1v) is 10.2. The van der Waals surface area contributed by atoms with E-state index in [1.165, 1.54) is 18.4 Å². The van der Waals surface area contributed by atoms with Gasteiger partial charge in [0.25, 0.3) is 0 Å². The van der Waals surface area contributed by atoms with Gasteiger partial charge in [-0.25, -0.2) is 0 Å². The number of para-hydroxylation sites is 1. The van der Waals surface area contributed by atoms with E-state index in [2.05, 4.69) is 38.0 Å². The predicted octanol–water partition coefficient (Wildman–Crippen LogP) is 2.39. The minimum Gasteiger partial charge on any atom is -0.496 e. The Hall–Kier alpha value is -1.55. The Kier molecular flexibility index (Phi) is 12.0. The molecule has 1 amide bonds. The number of carbonyl (C=O) groups is 1. The molecule has 8 heteroatoms. The highest BCUT2D eigenvalue weighted by molar-refractivity contribution is 14.0. The zero-order valence-corrected chi connectivity index (χ0v) is 20.4. The monoisotopic (exact) mass is 517 g/mol. The fourth-order valence-corrected chi connectivity index (χ4v) is 3.42. The van der Waals surface area contributed by atoms with Crippen LogP contribution >= 0.6 is 24.0 Å². The molecule has 0 bridgehead atoms. The van der Waals surface area contributed by atoms with Gasteiger partial charge in [0.2, 0.25) is 5.91 Å². The number of hydrogen-bond acceptors (Lipinski definition) is 4. The van der Waals surface area contributed by atoms with Crippen LogP contribution in [0, 0.1) is 5.92 Å². The first-order valence-electron chi connectivity index (χ1n) is 10.2. The largest absolute Gasteiger partial charge is 0.496 e. The molecule has 1 saturated heterocycles. The van der Waals surface area contributed by atoms with Gasteiger partial charge < -0.3 is 20.7 Å². The van der Waals surface area contributed by atoms with Crippen molar-refractivity contribution in [2.75, 3.05) is 46.9 Å². The Bertz CT molecular complexity index is 648. The van der Waals surface area contributed by atoms with Crippen LogP contribution in [0.15, 0.2) is 29.3 Å². The fraction of sp³-hybridized carbons (Fsp3) is 0.619. The lowest BCUT2D eigenvalue weighted by Gasteiger charge is -2.30. The summed E-state index contributed by atoms with van der Waals surface area (Å²) in [6.07, 6.45) is 2.46. The molecule has 0 aliphatic carbocycles. The zero-order chi connectivity index (χ0) is 20.4. The summed E-state index contributed by atoms with van der Waals surface area (Å²) < 4.78 is 5.60. The number of ether oxygens (including phenoxy) is 1. The molecule has 0 aromatic heterocycles. The van der Waals surface area contributed by atoms with Crippen LogP contribution in [0.5, 0.6) is 5.75 Å². The van der Waals surface area contributed by atoms with E-state index in [4.69, 9.17) is 4.74 Å². The van der Waals surface area contributed by atoms with E-state index in [9.17, 15) is 4.79 Å².